The molecule has 2 aromatic rings. The van der Waals surface area contributed by atoms with Gasteiger partial charge in [0.2, 0.25) is 0 Å². The average molecular weight is 380 g/mol. The summed E-state index contributed by atoms with van der Waals surface area (Å²) in [5, 5.41) is 15.9. The Morgan fingerprint density at radius 3 is 2.78 bits per heavy atom. The van der Waals surface area contributed by atoms with Crippen LogP contribution in [0.1, 0.15) is 10.5 Å². The molecule has 0 radical (unpaired) electrons. The van der Waals surface area contributed by atoms with Gasteiger partial charge in [0.25, 0.3) is 5.91 Å². The summed E-state index contributed by atoms with van der Waals surface area (Å²) in [6.45, 7) is 0.551. The molecule has 1 aliphatic rings. The van der Waals surface area contributed by atoms with Gasteiger partial charge in [0.1, 0.15) is 11.4 Å². The fourth-order valence-corrected chi connectivity index (χ4v) is 2.97. The fraction of sp³-hybridized carbons (Fsp3) is 0.267. The first kappa shape index (κ1) is 15.7. The number of hydrogen-bond donors (Lipinski definition) is 2. The number of H-pyrrole nitrogens is 1. The Morgan fingerprint density at radius 1 is 1.35 bits per heavy atom. The Kier molecular flexibility index (Phi) is 4.44. The number of halogens is 1. The second kappa shape index (κ2) is 6.51. The van der Waals surface area contributed by atoms with E-state index in [-0.39, 0.29) is 19.1 Å². The molecule has 1 atom stereocenters. The van der Waals surface area contributed by atoms with E-state index in [2.05, 4.69) is 26.1 Å². The molecular formula is C15H14BrN3O4. The van der Waals surface area contributed by atoms with Crippen LogP contribution in [0.2, 0.25) is 0 Å². The van der Waals surface area contributed by atoms with Gasteiger partial charge in [0.15, 0.2) is 6.10 Å². The highest BCUT2D eigenvalue weighted by atomic mass is 79.9. The monoisotopic (exact) mass is 379 g/mol. The summed E-state index contributed by atoms with van der Waals surface area (Å²) >= 11 is 3.41. The molecule has 1 fully saturated rings. The van der Waals surface area contributed by atoms with E-state index in [1.807, 2.05) is 30.3 Å². The Bertz CT molecular complexity index is 732. The van der Waals surface area contributed by atoms with Crippen LogP contribution in [0.4, 0.5) is 0 Å². The number of carboxylic acid groups (broad SMARTS) is 1. The first-order valence-corrected chi connectivity index (χ1v) is 7.80. The van der Waals surface area contributed by atoms with Crippen LogP contribution in [-0.4, -0.2) is 57.9 Å². The predicted octanol–water partition coefficient (Wildman–Crippen LogP) is 1.76. The summed E-state index contributed by atoms with van der Waals surface area (Å²) in [5.74, 6) is -1.38. The number of morpholine rings is 1. The molecule has 1 saturated heterocycles. The normalized spacial score (nSPS) is 18.0. The van der Waals surface area contributed by atoms with E-state index < -0.39 is 12.1 Å². The third-order valence-corrected chi connectivity index (χ3v) is 4.37. The molecule has 0 unspecified atom stereocenters. The Labute approximate surface area is 140 Å². The number of aromatic amines is 1. The van der Waals surface area contributed by atoms with Gasteiger partial charge in [-0.2, -0.15) is 5.10 Å². The van der Waals surface area contributed by atoms with Crippen molar-refractivity contribution in [3.8, 4) is 11.3 Å². The van der Waals surface area contributed by atoms with E-state index >= 15 is 0 Å². The van der Waals surface area contributed by atoms with E-state index in [1.165, 1.54) is 4.90 Å². The SMILES string of the molecule is O=C(O)[C@H]1CN(C(=O)c2[nH]nc(-c3ccccc3)c2Br)CCO1. The number of carbonyl (C=O) groups excluding carboxylic acids is 1. The first-order chi connectivity index (χ1) is 11.1. The second-order valence-electron chi connectivity index (χ2n) is 5.08. The van der Waals surface area contributed by atoms with E-state index in [1.54, 1.807) is 0 Å². The number of ether oxygens (including phenoxy) is 1. The minimum Gasteiger partial charge on any atom is -0.479 e. The van der Waals surface area contributed by atoms with Gasteiger partial charge in [-0.25, -0.2) is 4.79 Å². The summed E-state index contributed by atoms with van der Waals surface area (Å²) in [6.07, 6.45) is -0.997. The molecule has 8 heteroatoms. The molecule has 3 rings (SSSR count). The molecule has 0 bridgehead atoms. The number of aliphatic carboxylic acids is 1. The topological polar surface area (TPSA) is 95.5 Å². The number of carbonyl (C=O) groups is 2. The quantitative estimate of drug-likeness (QED) is 0.846. The number of benzene rings is 1. The van der Waals surface area contributed by atoms with Gasteiger partial charge < -0.3 is 14.7 Å². The van der Waals surface area contributed by atoms with Gasteiger partial charge in [-0.3, -0.25) is 9.89 Å². The molecule has 7 nitrogen and oxygen atoms in total. The molecule has 0 aliphatic carbocycles. The third kappa shape index (κ3) is 3.13. The maximum atomic E-state index is 12.6. The molecule has 0 saturated carbocycles. The smallest absolute Gasteiger partial charge is 0.334 e. The van der Waals surface area contributed by atoms with E-state index in [9.17, 15) is 9.59 Å². The summed E-state index contributed by atoms with van der Waals surface area (Å²) in [4.78, 5) is 25.1. The number of rotatable bonds is 3. The number of nitrogens with zero attached hydrogens (tertiary/aromatic N) is 2. The number of amides is 1. The molecule has 1 amide bonds. The van der Waals surface area contributed by atoms with E-state index in [0.717, 1.165) is 5.56 Å². The highest BCUT2D eigenvalue weighted by Crippen LogP contribution is 2.29. The minimum atomic E-state index is -1.07. The lowest BCUT2D eigenvalue weighted by Crippen LogP contribution is -2.48. The second-order valence-corrected chi connectivity index (χ2v) is 5.87. The molecule has 1 aliphatic heterocycles. The van der Waals surface area contributed by atoms with E-state index in [0.29, 0.717) is 22.4 Å². The Hall–Kier alpha value is -2.19. The van der Waals surface area contributed by atoms with Gasteiger partial charge in [-0.1, -0.05) is 30.3 Å². The molecule has 2 heterocycles. The van der Waals surface area contributed by atoms with Crippen LogP contribution in [0, 0.1) is 0 Å². The molecule has 1 aromatic heterocycles. The number of nitrogens with one attached hydrogen (secondary N) is 1. The van der Waals surface area contributed by atoms with Crippen LogP contribution in [0.25, 0.3) is 11.3 Å². The fourth-order valence-electron chi connectivity index (χ4n) is 2.40. The highest BCUT2D eigenvalue weighted by Gasteiger charge is 2.31. The molecule has 120 valence electrons. The summed E-state index contributed by atoms with van der Waals surface area (Å²) in [6, 6.07) is 9.46. The summed E-state index contributed by atoms with van der Waals surface area (Å²) in [5.41, 5.74) is 1.81. The van der Waals surface area contributed by atoms with Gasteiger partial charge in [0, 0.05) is 12.1 Å². The highest BCUT2D eigenvalue weighted by molar-refractivity contribution is 9.10. The number of hydrogen-bond acceptors (Lipinski definition) is 4. The van der Waals surface area contributed by atoms with Crippen molar-refractivity contribution in [2.75, 3.05) is 19.7 Å². The minimum absolute atomic E-state index is 0.0142. The van der Waals surface area contributed by atoms with Crippen LogP contribution in [0.15, 0.2) is 34.8 Å². The van der Waals surface area contributed by atoms with Crippen molar-refractivity contribution < 1.29 is 19.4 Å². The standard InChI is InChI=1S/C15H14BrN3O4/c16-11-12(9-4-2-1-3-5-9)17-18-13(11)14(20)19-6-7-23-10(8-19)15(21)22/h1-5,10H,6-8H2,(H,17,18)(H,21,22)/t10-/m1/s1. The van der Waals surface area contributed by atoms with Crippen LogP contribution in [0.3, 0.4) is 0 Å². The van der Waals surface area contributed by atoms with Crippen molar-refractivity contribution in [3.05, 3.63) is 40.5 Å². The lowest BCUT2D eigenvalue weighted by Gasteiger charge is -2.30. The lowest BCUT2D eigenvalue weighted by molar-refractivity contribution is -0.154. The first-order valence-electron chi connectivity index (χ1n) is 7.01. The van der Waals surface area contributed by atoms with Gasteiger partial charge in [-0.05, 0) is 15.9 Å². The van der Waals surface area contributed by atoms with Crippen molar-refractivity contribution >= 4 is 27.8 Å². The van der Waals surface area contributed by atoms with Crippen molar-refractivity contribution in [2.45, 2.75) is 6.10 Å². The largest absolute Gasteiger partial charge is 0.479 e. The predicted molar refractivity (Wildman–Crippen MR) is 85.0 cm³/mol. The number of carboxylic acids is 1. The zero-order valence-corrected chi connectivity index (χ0v) is 13.6. The molecule has 2 N–H and O–H groups in total. The van der Waals surface area contributed by atoms with Crippen LogP contribution in [-0.2, 0) is 9.53 Å². The molecular weight excluding hydrogens is 366 g/mol. The third-order valence-electron chi connectivity index (χ3n) is 3.60. The zero-order valence-electron chi connectivity index (χ0n) is 12.0. The van der Waals surface area contributed by atoms with Crippen LogP contribution < -0.4 is 0 Å². The number of aromatic nitrogens is 2. The summed E-state index contributed by atoms with van der Waals surface area (Å²) in [7, 11) is 0. The van der Waals surface area contributed by atoms with E-state index in [4.69, 9.17) is 9.84 Å². The average Bonchev–Trinajstić information content (AvgIpc) is 2.96. The maximum Gasteiger partial charge on any atom is 0.334 e. The van der Waals surface area contributed by atoms with Crippen molar-refractivity contribution in [2.24, 2.45) is 0 Å². The summed E-state index contributed by atoms with van der Waals surface area (Å²) < 4.78 is 5.69. The van der Waals surface area contributed by atoms with Crippen LogP contribution >= 0.6 is 15.9 Å². The van der Waals surface area contributed by atoms with Gasteiger partial charge >= 0.3 is 5.97 Å². The molecule has 0 spiro atoms. The van der Waals surface area contributed by atoms with Gasteiger partial charge in [0.05, 0.1) is 17.6 Å². The molecule has 1 aromatic carbocycles. The lowest BCUT2D eigenvalue weighted by atomic mass is 10.1. The molecule has 23 heavy (non-hydrogen) atoms. The van der Waals surface area contributed by atoms with Gasteiger partial charge in [-0.15, -0.1) is 0 Å². The Balaban J connectivity index is 1.83. The van der Waals surface area contributed by atoms with Crippen molar-refractivity contribution in [3.63, 3.8) is 0 Å². The zero-order chi connectivity index (χ0) is 16.4. The van der Waals surface area contributed by atoms with Crippen molar-refractivity contribution in [1.82, 2.24) is 15.1 Å². The maximum absolute atomic E-state index is 12.6. The Morgan fingerprint density at radius 2 is 2.09 bits per heavy atom. The van der Waals surface area contributed by atoms with Crippen LogP contribution in [0.5, 0.6) is 0 Å². The van der Waals surface area contributed by atoms with Crippen molar-refractivity contribution in [1.29, 1.82) is 0 Å².